The number of hydrogen-bond donors (Lipinski definition) is 0. The number of rotatable bonds is 8. The van der Waals surface area contributed by atoms with E-state index in [1.165, 1.54) is 16.6 Å². The van der Waals surface area contributed by atoms with Crippen molar-refractivity contribution in [2.45, 2.75) is 32.5 Å². The zero-order valence-electron chi connectivity index (χ0n) is 17.8. The second-order valence-corrected chi connectivity index (χ2v) is 9.19. The zero-order chi connectivity index (χ0) is 22.0. The summed E-state index contributed by atoms with van der Waals surface area (Å²) in [5.74, 6) is 0.974. The number of hydrogen-bond acceptors (Lipinski definition) is 7. The van der Waals surface area contributed by atoms with Crippen LogP contribution in [0.3, 0.4) is 0 Å². The molecular formula is C22H23N5O2S2. The third-order valence-electron chi connectivity index (χ3n) is 5.10. The van der Waals surface area contributed by atoms with Crippen LogP contribution in [0.25, 0.3) is 5.69 Å². The molecule has 1 aromatic carbocycles. The summed E-state index contributed by atoms with van der Waals surface area (Å²) in [6, 6.07) is 11.9. The van der Waals surface area contributed by atoms with Gasteiger partial charge in [-0.3, -0.25) is 4.79 Å². The molecule has 0 spiro atoms. The number of aryl methyl sites for hydroxylation is 2. The van der Waals surface area contributed by atoms with Crippen molar-refractivity contribution in [2.24, 2.45) is 0 Å². The van der Waals surface area contributed by atoms with Crippen molar-refractivity contribution in [3.05, 3.63) is 69.2 Å². The van der Waals surface area contributed by atoms with E-state index < -0.39 is 0 Å². The van der Waals surface area contributed by atoms with Crippen molar-refractivity contribution in [2.75, 3.05) is 12.9 Å². The molecule has 0 aliphatic rings. The largest absolute Gasteiger partial charge is 0.494 e. The minimum atomic E-state index is 0.0567. The van der Waals surface area contributed by atoms with Crippen LogP contribution in [0.1, 0.15) is 32.2 Å². The average Bonchev–Trinajstić information content (AvgIpc) is 3.50. The van der Waals surface area contributed by atoms with Gasteiger partial charge in [0, 0.05) is 21.8 Å². The van der Waals surface area contributed by atoms with Crippen LogP contribution in [-0.2, 0) is 6.54 Å². The van der Waals surface area contributed by atoms with Crippen LogP contribution in [0.4, 0.5) is 0 Å². The van der Waals surface area contributed by atoms with Gasteiger partial charge in [0.2, 0.25) is 5.16 Å². The number of methoxy groups -OCH3 is 1. The fourth-order valence-corrected chi connectivity index (χ4v) is 4.94. The molecular weight excluding hydrogens is 430 g/mol. The molecule has 0 bridgehead atoms. The number of thiophene rings is 1. The number of ether oxygens (including phenoxy) is 1. The predicted molar refractivity (Wildman–Crippen MR) is 123 cm³/mol. The normalized spacial score (nSPS) is 11.1. The van der Waals surface area contributed by atoms with Crippen LogP contribution in [0.5, 0.6) is 5.75 Å². The number of nitrogens with zero attached hydrogens (tertiary/aromatic N) is 5. The van der Waals surface area contributed by atoms with Crippen molar-refractivity contribution in [1.29, 1.82) is 0 Å². The minimum Gasteiger partial charge on any atom is -0.494 e. The summed E-state index contributed by atoms with van der Waals surface area (Å²) in [5, 5.41) is 14.6. The molecule has 0 aliphatic heterocycles. The highest BCUT2D eigenvalue weighted by Gasteiger charge is 2.19. The number of ketones is 1. The van der Waals surface area contributed by atoms with Gasteiger partial charge in [-0.2, -0.15) is 4.68 Å². The van der Waals surface area contributed by atoms with Gasteiger partial charge in [-0.05, 0) is 66.4 Å². The summed E-state index contributed by atoms with van der Waals surface area (Å²) < 4.78 is 9.26. The molecule has 0 unspecified atom stereocenters. The van der Waals surface area contributed by atoms with Gasteiger partial charge in [-0.1, -0.05) is 23.9 Å². The third kappa shape index (κ3) is 4.42. The van der Waals surface area contributed by atoms with Crippen LogP contribution >= 0.6 is 23.1 Å². The van der Waals surface area contributed by atoms with Crippen LogP contribution in [-0.4, -0.2) is 43.4 Å². The number of Topliss-reactive ketones (excluding diaryl/α,β-unsaturated/α-hetero) is 1. The Labute approximate surface area is 189 Å². The monoisotopic (exact) mass is 453 g/mol. The first-order valence-electron chi connectivity index (χ1n) is 9.76. The van der Waals surface area contributed by atoms with Crippen LogP contribution in [0.2, 0.25) is 0 Å². The Morgan fingerprint density at radius 1 is 1.19 bits per heavy atom. The van der Waals surface area contributed by atoms with Crippen LogP contribution < -0.4 is 4.74 Å². The van der Waals surface area contributed by atoms with Gasteiger partial charge in [0.15, 0.2) is 5.78 Å². The zero-order valence-corrected chi connectivity index (χ0v) is 19.5. The SMILES string of the molecule is COc1ccc(C)cc1-n1nnnc1SCC(=O)c1cc(C)n(Cc2cccs2)c1C. The predicted octanol–water partition coefficient (Wildman–Crippen LogP) is 4.48. The number of carbonyl (C=O) groups excluding carboxylic acids is 1. The summed E-state index contributed by atoms with van der Waals surface area (Å²) in [7, 11) is 1.61. The number of tetrazole rings is 1. The second-order valence-electron chi connectivity index (χ2n) is 7.21. The first-order valence-corrected chi connectivity index (χ1v) is 11.6. The smallest absolute Gasteiger partial charge is 0.214 e. The molecule has 31 heavy (non-hydrogen) atoms. The summed E-state index contributed by atoms with van der Waals surface area (Å²) in [6.45, 7) is 6.81. The average molecular weight is 454 g/mol. The highest BCUT2D eigenvalue weighted by atomic mass is 32.2. The Hall–Kier alpha value is -2.91. The summed E-state index contributed by atoms with van der Waals surface area (Å²) >= 11 is 3.04. The molecule has 0 radical (unpaired) electrons. The standard InChI is InChI=1S/C22H23N5O2S2/c1-14-7-8-21(29-4)19(10-14)27-22(23-24-25-27)31-13-20(28)18-11-15(2)26(16(18)3)12-17-6-5-9-30-17/h5-11H,12-13H2,1-4H3. The van der Waals surface area contributed by atoms with Crippen molar-refractivity contribution in [1.82, 2.24) is 24.8 Å². The van der Waals surface area contributed by atoms with E-state index >= 15 is 0 Å². The van der Waals surface area contributed by atoms with Gasteiger partial charge < -0.3 is 9.30 Å². The lowest BCUT2D eigenvalue weighted by Crippen LogP contribution is -2.08. The molecule has 4 aromatic rings. The Bertz CT molecular complexity index is 1210. The van der Waals surface area contributed by atoms with E-state index in [0.717, 1.165) is 34.7 Å². The first-order chi connectivity index (χ1) is 15.0. The summed E-state index contributed by atoms with van der Waals surface area (Å²) in [4.78, 5) is 14.3. The van der Waals surface area contributed by atoms with Gasteiger partial charge >= 0.3 is 0 Å². The molecule has 7 nitrogen and oxygen atoms in total. The fourth-order valence-electron chi connectivity index (χ4n) is 3.48. The van der Waals surface area contributed by atoms with Crippen molar-refractivity contribution in [3.8, 4) is 11.4 Å². The highest BCUT2D eigenvalue weighted by Crippen LogP contribution is 2.28. The number of carbonyl (C=O) groups is 1. The van der Waals surface area contributed by atoms with Crippen molar-refractivity contribution < 1.29 is 9.53 Å². The molecule has 0 saturated carbocycles. The van der Waals surface area contributed by atoms with E-state index in [-0.39, 0.29) is 11.5 Å². The Balaban J connectivity index is 1.52. The number of aromatic nitrogens is 5. The Morgan fingerprint density at radius 2 is 2.03 bits per heavy atom. The van der Waals surface area contributed by atoms with Gasteiger partial charge in [-0.15, -0.1) is 16.4 Å². The van der Waals surface area contributed by atoms with E-state index in [9.17, 15) is 4.79 Å². The summed E-state index contributed by atoms with van der Waals surface area (Å²) in [5.41, 5.74) is 4.62. The van der Waals surface area contributed by atoms with E-state index in [1.54, 1.807) is 23.1 Å². The highest BCUT2D eigenvalue weighted by molar-refractivity contribution is 7.99. The molecule has 0 atom stereocenters. The van der Waals surface area contributed by atoms with Gasteiger partial charge in [-0.25, -0.2) is 0 Å². The second kappa shape index (κ2) is 9.07. The van der Waals surface area contributed by atoms with Crippen molar-refractivity contribution in [3.63, 3.8) is 0 Å². The molecule has 4 rings (SSSR count). The fraction of sp³-hybridized carbons (Fsp3) is 0.273. The first kappa shape index (κ1) is 21.3. The summed E-state index contributed by atoms with van der Waals surface area (Å²) in [6.07, 6.45) is 0. The number of benzene rings is 1. The van der Waals surface area contributed by atoms with Gasteiger partial charge in [0.1, 0.15) is 11.4 Å². The molecule has 0 fully saturated rings. The quantitative estimate of drug-likeness (QED) is 0.289. The number of thioether (sulfide) groups is 1. The lowest BCUT2D eigenvalue weighted by molar-refractivity contribution is 0.102. The van der Waals surface area contributed by atoms with E-state index in [1.807, 2.05) is 51.1 Å². The van der Waals surface area contributed by atoms with Crippen molar-refractivity contribution >= 4 is 28.9 Å². The molecule has 0 N–H and O–H groups in total. The third-order valence-corrected chi connectivity index (χ3v) is 6.88. The Kier molecular flexibility index (Phi) is 6.24. The maximum absolute atomic E-state index is 13.0. The van der Waals surface area contributed by atoms with E-state index in [0.29, 0.717) is 10.9 Å². The van der Waals surface area contributed by atoms with Gasteiger partial charge in [0.05, 0.1) is 19.4 Å². The van der Waals surface area contributed by atoms with E-state index in [4.69, 9.17) is 4.74 Å². The molecule has 160 valence electrons. The molecule has 9 heteroatoms. The molecule has 3 heterocycles. The van der Waals surface area contributed by atoms with Crippen LogP contribution in [0.15, 0.2) is 46.9 Å². The Morgan fingerprint density at radius 3 is 2.77 bits per heavy atom. The van der Waals surface area contributed by atoms with Crippen LogP contribution in [0, 0.1) is 20.8 Å². The topological polar surface area (TPSA) is 74.8 Å². The molecule has 0 saturated heterocycles. The van der Waals surface area contributed by atoms with E-state index in [2.05, 4.69) is 31.5 Å². The molecule has 3 aromatic heterocycles. The maximum atomic E-state index is 13.0. The lowest BCUT2D eigenvalue weighted by Gasteiger charge is -2.10. The lowest BCUT2D eigenvalue weighted by atomic mass is 10.2. The molecule has 0 aliphatic carbocycles. The van der Waals surface area contributed by atoms with Gasteiger partial charge in [0.25, 0.3) is 0 Å². The minimum absolute atomic E-state index is 0.0567. The maximum Gasteiger partial charge on any atom is 0.214 e. The molecule has 0 amide bonds.